The lowest BCUT2D eigenvalue weighted by atomic mass is 10.1. The van der Waals surface area contributed by atoms with Gasteiger partial charge >= 0.3 is 5.97 Å². The monoisotopic (exact) mass is 416 g/mol. The highest BCUT2D eigenvalue weighted by Gasteiger charge is 2.29. The van der Waals surface area contributed by atoms with Gasteiger partial charge in [0.2, 0.25) is 0 Å². The molecule has 6 heteroatoms. The van der Waals surface area contributed by atoms with Crippen LogP contribution in [0.2, 0.25) is 0 Å². The molecule has 3 aromatic carbocycles. The highest BCUT2D eigenvalue weighted by atomic mass is 16.5. The molecule has 2 amide bonds. The number of hydrogen-bond acceptors (Lipinski definition) is 4. The second kappa shape index (κ2) is 10.7. The highest BCUT2D eigenvalue weighted by Crippen LogP contribution is 2.18. The third-order valence-corrected chi connectivity index (χ3v) is 4.64. The molecule has 0 unspecified atom stereocenters. The molecule has 2 N–H and O–H groups in total. The zero-order valence-corrected chi connectivity index (χ0v) is 17.2. The molecule has 31 heavy (non-hydrogen) atoms. The first-order valence-corrected chi connectivity index (χ1v) is 10.1. The number of anilines is 1. The van der Waals surface area contributed by atoms with Gasteiger partial charge in [-0.2, -0.15) is 0 Å². The summed E-state index contributed by atoms with van der Waals surface area (Å²) in [5, 5.41) is 5.46. The van der Waals surface area contributed by atoms with Crippen molar-refractivity contribution >= 4 is 23.5 Å². The van der Waals surface area contributed by atoms with Gasteiger partial charge < -0.3 is 15.4 Å². The van der Waals surface area contributed by atoms with E-state index in [4.69, 9.17) is 4.74 Å². The molecule has 3 rings (SSSR count). The van der Waals surface area contributed by atoms with Gasteiger partial charge in [0.15, 0.2) is 12.1 Å². The molecular formula is C25H24N2O4. The van der Waals surface area contributed by atoms with Gasteiger partial charge in [-0.25, -0.2) is 4.79 Å². The summed E-state index contributed by atoms with van der Waals surface area (Å²) in [5.74, 6) is -1.54. The third kappa shape index (κ3) is 6.02. The van der Waals surface area contributed by atoms with Gasteiger partial charge in [0, 0.05) is 11.3 Å². The van der Waals surface area contributed by atoms with Crippen LogP contribution in [0.3, 0.4) is 0 Å². The van der Waals surface area contributed by atoms with Crippen LogP contribution in [0.4, 0.5) is 5.69 Å². The average Bonchev–Trinajstić information content (AvgIpc) is 2.82. The smallest absolute Gasteiger partial charge is 0.334 e. The van der Waals surface area contributed by atoms with Crippen LogP contribution in [0.5, 0.6) is 0 Å². The predicted octanol–water partition coefficient (Wildman–Crippen LogP) is 4.12. The number of para-hydroxylation sites is 1. The Bertz CT molecular complexity index is 1010. The van der Waals surface area contributed by atoms with E-state index in [0.717, 1.165) is 0 Å². The molecule has 0 saturated heterocycles. The molecule has 6 nitrogen and oxygen atoms in total. The average molecular weight is 416 g/mol. The lowest BCUT2D eigenvalue weighted by Gasteiger charge is -2.22. The van der Waals surface area contributed by atoms with E-state index < -0.39 is 29.9 Å². The Hall–Kier alpha value is -3.93. The first-order chi connectivity index (χ1) is 15.1. The number of benzene rings is 3. The molecule has 0 aromatic heterocycles. The second-order valence-electron chi connectivity index (χ2n) is 6.87. The highest BCUT2D eigenvalue weighted by molar-refractivity contribution is 5.98. The Kier molecular flexibility index (Phi) is 7.54. The Morgan fingerprint density at radius 2 is 1.35 bits per heavy atom. The summed E-state index contributed by atoms with van der Waals surface area (Å²) in [6.45, 7) is 1.75. The van der Waals surface area contributed by atoms with Crippen molar-refractivity contribution in [2.24, 2.45) is 0 Å². The Morgan fingerprint density at radius 3 is 1.94 bits per heavy atom. The first-order valence-electron chi connectivity index (χ1n) is 10.1. The van der Waals surface area contributed by atoms with Crippen molar-refractivity contribution in [3.63, 3.8) is 0 Å². The third-order valence-electron chi connectivity index (χ3n) is 4.64. The molecule has 0 aliphatic carbocycles. The van der Waals surface area contributed by atoms with Gasteiger partial charge in [0.25, 0.3) is 11.8 Å². The number of ether oxygens (including phenoxy) is 1. The fourth-order valence-corrected chi connectivity index (χ4v) is 3.00. The van der Waals surface area contributed by atoms with Crippen LogP contribution in [0.25, 0.3) is 0 Å². The second-order valence-corrected chi connectivity index (χ2v) is 6.87. The van der Waals surface area contributed by atoms with Gasteiger partial charge in [-0.1, -0.05) is 73.7 Å². The minimum absolute atomic E-state index is 0.290. The lowest BCUT2D eigenvalue weighted by Crippen LogP contribution is -2.39. The Labute approximate surface area is 181 Å². The summed E-state index contributed by atoms with van der Waals surface area (Å²) in [7, 11) is 0. The number of esters is 1. The summed E-state index contributed by atoms with van der Waals surface area (Å²) in [4.78, 5) is 38.3. The van der Waals surface area contributed by atoms with E-state index in [-0.39, 0.29) is 0 Å². The fourth-order valence-electron chi connectivity index (χ4n) is 3.00. The van der Waals surface area contributed by atoms with E-state index in [9.17, 15) is 14.4 Å². The SMILES string of the molecule is CC[C@@H](OC(=O)[C@H](NC(=O)c1ccccc1)c1ccccc1)C(=O)Nc1ccccc1. The van der Waals surface area contributed by atoms with Crippen LogP contribution in [0.1, 0.15) is 35.3 Å². The maximum atomic E-state index is 13.0. The van der Waals surface area contributed by atoms with E-state index in [1.54, 1.807) is 85.8 Å². The molecule has 0 spiro atoms. The van der Waals surface area contributed by atoms with Gasteiger partial charge in [0.1, 0.15) is 0 Å². The molecule has 0 aliphatic rings. The topological polar surface area (TPSA) is 84.5 Å². The van der Waals surface area contributed by atoms with Crippen LogP contribution >= 0.6 is 0 Å². The van der Waals surface area contributed by atoms with E-state index in [1.165, 1.54) is 0 Å². The number of nitrogens with one attached hydrogen (secondary N) is 2. The predicted molar refractivity (Wildman–Crippen MR) is 118 cm³/mol. The van der Waals surface area contributed by atoms with Crippen LogP contribution < -0.4 is 10.6 Å². The molecule has 158 valence electrons. The number of hydrogen-bond donors (Lipinski definition) is 2. The largest absolute Gasteiger partial charge is 0.450 e. The summed E-state index contributed by atoms with van der Waals surface area (Å²) in [6.07, 6.45) is -0.703. The van der Waals surface area contributed by atoms with Crippen molar-refractivity contribution in [2.45, 2.75) is 25.5 Å². The Morgan fingerprint density at radius 1 is 0.806 bits per heavy atom. The fraction of sp³-hybridized carbons (Fsp3) is 0.160. The van der Waals surface area contributed by atoms with Gasteiger partial charge in [-0.15, -0.1) is 0 Å². The lowest BCUT2D eigenvalue weighted by molar-refractivity contribution is -0.156. The first kappa shape index (κ1) is 21.8. The quantitative estimate of drug-likeness (QED) is 0.541. The van der Waals surface area contributed by atoms with Crippen LogP contribution in [-0.4, -0.2) is 23.9 Å². The summed E-state index contributed by atoms with van der Waals surface area (Å²) in [5.41, 5.74) is 1.60. The molecule has 2 atom stereocenters. The standard InChI is InChI=1S/C25H24N2O4/c1-2-21(24(29)26-20-16-10-5-11-17-20)31-25(30)22(18-12-6-3-7-13-18)27-23(28)19-14-8-4-9-15-19/h3-17,21-22H,2H2,1H3,(H,26,29)(H,27,28)/t21-,22-/m1/s1. The maximum Gasteiger partial charge on any atom is 0.334 e. The molecular weight excluding hydrogens is 392 g/mol. The van der Waals surface area contributed by atoms with Crippen molar-refractivity contribution in [1.29, 1.82) is 0 Å². The molecule has 0 aliphatic heterocycles. The van der Waals surface area contributed by atoms with Crippen molar-refractivity contribution < 1.29 is 19.1 Å². The van der Waals surface area contributed by atoms with E-state index in [2.05, 4.69) is 10.6 Å². The molecule has 3 aromatic rings. The number of carbonyl (C=O) groups is 3. The summed E-state index contributed by atoms with van der Waals surface area (Å²) < 4.78 is 5.52. The summed E-state index contributed by atoms with van der Waals surface area (Å²) in [6, 6.07) is 25.3. The molecule has 0 saturated carbocycles. The normalized spacial score (nSPS) is 12.3. The van der Waals surface area contributed by atoms with Crippen molar-refractivity contribution in [3.8, 4) is 0 Å². The Balaban J connectivity index is 1.75. The number of carbonyl (C=O) groups excluding carboxylic acids is 3. The van der Waals surface area contributed by atoms with Crippen molar-refractivity contribution in [1.82, 2.24) is 5.32 Å². The molecule has 0 fully saturated rings. The zero-order chi connectivity index (χ0) is 22.1. The number of rotatable bonds is 8. The van der Waals surface area contributed by atoms with Crippen LogP contribution in [0, 0.1) is 0 Å². The van der Waals surface area contributed by atoms with Gasteiger partial charge in [-0.3, -0.25) is 9.59 Å². The van der Waals surface area contributed by atoms with E-state index >= 15 is 0 Å². The summed E-state index contributed by atoms with van der Waals surface area (Å²) >= 11 is 0. The van der Waals surface area contributed by atoms with Crippen LogP contribution in [0.15, 0.2) is 91.0 Å². The van der Waals surface area contributed by atoms with E-state index in [1.807, 2.05) is 12.1 Å². The van der Waals surface area contributed by atoms with Gasteiger partial charge in [-0.05, 0) is 36.2 Å². The molecule has 0 radical (unpaired) electrons. The zero-order valence-electron chi connectivity index (χ0n) is 17.2. The number of amides is 2. The molecule has 0 heterocycles. The minimum atomic E-state index is -1.05. The van der Waals surface area contributed by atoms with Crippen LogP contribution in [-0.2, 0) is 14.3 Å². The van der Waals surface area contributed by atoms with E-state index in [0.29, 0.717) is 23.2 Å². The van der Waals surface area contributed by atoms with Gasteiger partial charge in [0.05, 0.1) is 0 Å². The molecule has 0 bridgehead atoms. The maximum absolute atomic E-state index is 13.0. The van der Waals surface area contributed by atoms with Crippen molar-refractivity contribution in [2.75, 3.05) is 5.32 Å². The van der Waals surface area contributed by atoms with Crippen molar-refractivity contribution in [3.05, 3.63) is 102 Å². The minimum Gasteiger partial charge on any atom is -0.450 e.